The van der Waals surface area contributed by atoms with E-state index in [1.807, 2.05) is 25.9 Å². The number of nitrogens with zero attached hydrogens (tertiary/aromatic N) is 1. The smallest absolute Gasteiger partial charge is 0.239 e. The first-order valence-corrected chi connectivity index (χ1v) is 4.10. The van der Waals surface area contributed by atoms with E-state index in [1.54, 1.807) is 0 Å². The first kappa shape index (κ1) is 8.53. The van der Waals surface area contributed by atoms with Crippen molar-refractivity contribution < 1.29 is 4.79 Å². The van der Waals surface area contributed by atoms with Crippen molar-refractivity contribution in [3.8, 4) is 0 Å². The van der Waals surface area contributed by atoms with E-state index in [-0.39, 0.29) is 11.9 Å². The summed E-state index contributed by atoms with van der Waals surface area (Å²) in [5.41, 5.74) is 0. The fourth-order valence-electron chi connectivity index (χ4n) is 1.07. The minimum absolute atomic E-state index is 0.0411. The number of likely N-dealkylation sites (N-methyl/N-ethyl adjacent to an activating group) is 2. The number of nitrogens with one attached hydrogen (secondary N) is 1. The molecule has 1 amide bonds. The zero-order valence-corrected chi connectivity index (χ0v) is 7.42. The van der Waals surface area contributed by atoms with Gasteiger partial charge in [0.1, 0.15) is 0 Å². The lowest BCUT2D eigenvalue weighted by Gasteiger charge is -2.20. The Bertz CT molecular complexity index is 154. The fourth-order valence-corrected chi connectivity index (χ4v) is 1.07. The van der Waals surface area contributed by atoms with Crippen molar-refractivity contribution in [1.82, 2.24) is 10.2 Å². The molecule has 3 heteroatoms. The van der Waals surface area contributed by atoms with Crippen LogP contribution in [0.15, 0.2) is 0 Å². The number of hydrogen-bond donors (Lipinski definition) is 1. The zero-order chi connectivity index (χ0) is 8.43. The van der Waals surface area contributed by atoms with Gasteiger partial charge in [0.15, 0.2) is 0 Å². The van der Waals surface area contributed by atoms with E-state index in [9.17, 15) is 4.79 Å². The van der Waals surface area contributed by atoms with E-state index in [2.05, 4.69) is 5.32 Å². The summed E-state index contributed by atoms with van der Waals surface area (Å²) in [5, 5.41) is 2.94. The Morgan fingerprint density at radius 1 is 1.64 bits per heavy atom. The molecule has 0 radical (unpaired) electrons. The van der Waals surface area contributed by atoms with Crippen LogP contribution in [0.25, 0.3) is 0 Å². The number of hydrogen-bond acceptors (Lipinski definition) is 2. The highest BCUT2D eigenvalue weighted by atomic mass is 16.2. The van der Waals surface area contributed by atoms with Gasteiger partial charge in [-0.25, -0.2) is 0 Å². The molecule has 1 atom stereocenters. The number of rotatable bonds is 3. The van der Waals surface area contributed by atoms with Gasteiger partial charge in [-0.05, 0) is 26.8 Å². The van der Waals surface area contributed by atoms with Crippen LogP contribution in [-0.2, 0) is 4.79 Å². The van der Waals surface area contributed by atoms with Crippen LogP contribution < -0.4 is 5.32 Å². The van der Waals surface area contributed by atoms with Gasteiger partial charge in [0.2, 0.25) is 5.91 Å². The monoisotopic (exact) mass is 156 g/mol. The normalized spacial score (nSPS) is 19.5. The third-order valence-corrected chi connectivity index (χ3v) is 2.25. The Morgan fingerprint density at radius 2 is 2.18 bits per heavy atom. The fraction of sp³-hybridized carbons (Fsp3) is 0.875. The molecular weight excluding hydrogens is 140 g/mol. The molecule has 0 aromatic rings. The van der Waals surface area contributed by atoms with Gasteiger partial charge in [0, 0.05) is 13.1 Å². The van der Waals surface area contributed by atoms with Gasteiger partial charge in [-0.3, -0.25) is 4.79 Å². The molecule has 1 rings (SSSR count). The molecule has 1 aliphatic rings. The molecule has 11 heavy (non-hydrogen) atoms. The molecule has 0 unspecified atom stereocenters. The highest BCUT2D eigenvalue weighted by Crippen LogP contribution is 2.25. The third-order valence-electron chi connectivity index (χ3n) is 2.25. The molecule has 0 bridgehead atoms. The van der Waals surface area contributed by atoms with E-state index in [4.69, 9.17) is 0 Å². The standard InChI is InChI=1S/C8H16N2O/c1-6(9-2)8(11)10(3)7-4-5-7/h6-7,9H,4-5H2,1-3H3/t6-/m0/s1. The van der Waals surface area contributed by atoms with E-state index in [0.717, 1.165) is 0 Å². The summed E-state index contributed by atoms with van der Waals surface area (Å²) in [4.78, 5) is 13.3. The van der Waals surface area contributed by atoms with Crippen molar-refractivity contribution in [2.75, 3.05) is 14.1 Å². The predicted octanol–water partition coefficient (Wildman–Crippen LogP) is 0.215. The summed E-state index contributed by atoms with van der Waals surface area (Å²) in [6.45, 7) is 1.89. The lowest BCUT2D eigenvalue weighted by Crippen LogP contribution is -2.42. The summed E-state index contributed by atoms with van der Waals surface area (Å²) in [6.07, 6.45) is 2.36. The van der Waals surface area contributed by atoms with Gasteiger partial charge in [-0.15, -0.1) is 0 Å². The molecule has 3 nitrogen and oxygen atoms in total. The topological polar surface area (TPSA) is 32.3 Å². The Hall–Kier alpha value is -0.570. The molecular formula is C8H16N2O. The molecule has 0 aromatic carbocycles. The summed E-state index contributed by atoms with van der Waals surface area (Å²) in [6, 6.07) is 0.485. The van der Waals surface area contributed by atoms with Crippen molar-refractivity contribution in [2.24, 2.45) is 0 Å². The summed E-state index contributed by atoms with van der Waals surface area (Å²) in [5.74, 6) is 0.204. The molecule has 1 N–H and O–H groups in total. The molecule has 0 saturated heterocycles. The molecule has 0 aromatic heterocycles. The predicted molar refractivity (Wildman–Crippen MR) is 44.3 cm³/mol. The molecule has 1 saturated carbocycles. The lowest BCUT2D eigenvalue weighted by atomic mass is 10.3. The average Bonchev–Trinajstić information content (AvgIpc) is 2.82. The maximum absolute atomic E-state index is 11.4. The lowest BCUT2D eigenvalue weighted by molar-refractivity contribution is -0.132. The van der Waals surface area contributed by atoms with Crippen LogP contribution in [0.5, 0.6) is 0 Å². The number of amides is 1. The second-order valence-electron chi connectivity index (χ2n) is 3.19. The summed E-state index contributed by atoms with van der Waals surface area (Å²) in [7, 11) is 3.69. The third kappa shape index (κ3) is 1.93. The van der Waals surface area contributed by atoms with Crippen LogP contribution in [-0.4, -0.2) is 37.0 Å². The number of carbonyl (C=O) groups excluding carboxylic acids is 1. The van der Waals surface area contributed by atoms with Crippen molar-refractivity contribution >= 4 is 5.91 Å². The van der Waals surface area contributed by atoms with Crippen LogP contribution in [0.1, 0.15) is 19.8 Å². The highest BCUT2D eigenvalue weighted by Gasteiger charge is 2.30. The summed E-state index contributed by atoms with van der Waals surface area (Å²) < 4.78 is 0. The van der Waals surface area contributed by atoms with E-state index >= 15 is 0 Å². The Labute approximate surface area is 67.8 Å². The van der Waals surface area contributed by atoms with Crippen LogP contribution >= 0.6 is 0 Å². The Kier molecular flexibility index (Phi) is 2.49. The van der Waals surface area contributed by atoms with Crippen molar-refractivity contribution in [1.29, 1.82) is 0 Å². The maximum atomic E-state index is 11.4. The van der Waals surface area contributed by atoms with Crippen molar-refractivity contribution in [2.45, 2.75) is 31.8 Å². The van der Waals surface area contributed by atoms with Gasteiger partial charge < -0.3 is 10.2 Å². The van der Waals surface area contributed by atoms with Crippen LogP contribution in [0.3, 0.4) is 0 Å². The molecule has 1 aliphatic carbocycles. The van der Waals surface area contributed by atoms with Gasteiger partial charge >= 0.3 is 0 Å². The van der Waals surface area contributed by atoms with Crippen molar-refractivity contribution in [3.63, 3.8) is 0 Å². The van der Waals surface area contributed by atoms with Crippen LogP contribution in [0.4, 0.5) is 0 Å². The largest absolute Gasteiger partial charge is 0.341 e. The Balaban J connectivity index is 2.38. The quantitative estimate of drug-likeness (QED) is 0.633. The second kappa shape index (κ2) is 3.22. The minimum Gasteiger partial charge on any atom is -0.341 e. The molecule has 64 valence electrons. The molecule has 0 aliphatic heterocycles. The maximum Gasteiger partial charge on any atom is 0.239 e. The van der Waals surface area contributed by atoms with Crippen LogP contribution in [0.2, 0.25) is 0 Å². The highest BCUT2D eigenvalue weighted by molar-refractivity contribution is 5.81. The van der Waals surface area contributed by atoms with E-state index in [1.165, 1.54) is 12.8 Å². The van der Waals surface area contributed by atoms with E-state index in [0.29, 0.717) is 6.04 Å². The van der Waals surface area contributed by atoms with E-state index < -0.39 is 0 Å². The molecule has 0 heterocycles. The van der Waals surface area contributed by atoms with Gasteiger partial charge in [-0.1, -0.05) is 0 Å². The summed E-state index contributed by atoms with van der Waals surface area (Å²) >= 11 is 0. The van der Waals surface area contributed by atoms with Gasteiger partial charge in [0.25, 0.3) is 0 Å². The first-order valence-electron chi connectivity index (χ1n) is 4.10. The van der Waals surface area contributed by atoms with Gasteiger partial charge in [0.05, 0.1) is 6.04 Å². The molecule has 0 spiro atoms. The number of carbonyl (C=O) groups is 1. The zero-order valence-electron chi connectivity index (χ0n) is 7.42. The minimum atomic E-state index is -0.0411. The van der Waals surface area contributed by atoms with Gasteiger partial charge in [-0.2, -0.15) is 0 Å². The Morgan fingerprint density at radius 3 is 2.55 bits per heavy atom. The molecule has 1 fully saturated rings. The second-order valence-corrected chi connectivity index (χ2v) is 3.19. The van der Waals surface area contributed by atoms with Crippen LogP contribution in [0, 0.1) is 0 Å². The SMILES string of the molecule is CN[C@@H](C)C(=O)N(C)C1CC1. The first-order chi connectivity index (χ1) is 5.16. The van der Waals surface area contributed by atoms with Crippen molar-refractivity contribution in [3.05, 3.63) is 0 Å². The average molecular weight is 156 g/mol.